The Labute approximate surface area is 184 Å². The molecule has 3 aromatic rings. The molecule has 0 saturated heterocycles. The van der Waals surface area contributed by atoms with Crippen molar-refractivity contribution >= 4 is 51.7 Å². The maximum absolute atomic E-state index is 9.73. The van der Waals surface area contributed by atoms with Gasteiger partial charge in [-0.25, -0.2) is 0 Å². The minimum atomic E-state index is 0.212. The molecular formula is C22H19Cl2N5O. The Hall–Kier alpha value is -3.35. The first-order valence-electron chi connectivity index (χ1n) is 9.00. The zero-order valence-electron chi connectivity index (χ0n) is 16.1. The maximum atomic E-state index is 9.73. The molecule has 0 fully saturated rings. The number of hydrazone groups is 2. The fourth-order valence-electron chi connectivity index (χ4n) is 2.51. The van der Waals surface area contributed by atoms with Gasteiger partial charge in [-0.3, -0.25) is 10.9 Å². The Kier molecular flexibility index (Phi) is 7.43. The van der Waals surface area contributed by atoms with Crippen LogP contribution in [0, 0.1) is 0 Å². The van der Waals surface area contributed by atoms with Gasteiger partial charge >= 0.3 is 0 Å². The van der Waals surface area contributed by atoms with E-state index >= 15 is 0 Å². The topological polar surface area (TPSA) is 81.4 Å². The van der Waals surface area contributed by atoms with E-state index in [1.807, 2.05) is 30.3 Å². The molecule has 152 valence electrons. The van der Waals surface area contributed by atoms with E-state index in [0.717, 1.165) is 16.9 Å². The maximum Gasteiger partial charge on any atom is 0.153 e. The number of rotatable bonds is 7. The highest BCUT2D eigenvalue weighted by Crippen LogP contribution is 2.15. The molecule has 3 N–H and O–H groups in total. The van der Waals surface area contributed by atoms with Crippen LogP contribution in [0.25, 0.3) is 0 Å². The predicted molar refractivity (Wildman–Crippen MR) is 125 cm³/mol. The van der Waals surface area contributed by atoms with Gasteiger partial charge in [0.15, 0.2) is 5.71 Å². The minimum Gasteiger partial charge on any atom is -0.410 e. The lowest BCUT2D eigenvalue weighted by atomic mass is 10.0. The molecule has 0 atom stereocenters. The largest absolute Gasteiger partial charge is 0.410 e. The van der Waals surface area contributed by atoms with Crippen LogP contribution < -0.4 is 10.9 Å². The molecule has 0 aliphatic heterocycles. The van der Waals surface area contributed by atoms with E-state index in [2.05, 4.69) is 26.2 Å². The van der Waals surface area contributed by atoms with Crippen LogP contribution in [0.3, 0.4) is 0 Å². The highest BCUT2D eigenvalue weighted by atomic mass is 35.5. The molecule has 8 heteroatoms. The summed E-state index contributed by atoms with van der Waals surface area (Å²) in [6.45, 7) is 1.72. The summed E-state index contributed by atoms with van der Waals surface area (Å²) in [6, 6.07) is 23.6. The summed E-state index contributed by atoms with van der Waals surface area (Å²) in [7, 11) is 0. The van der Waals surface area contributed by atoms with Gasteiger partial charge in [-0.2, -0.15) is 10.2 Å². The van der Waals surface area contributed by atoms with Gasteiger partial charge in [0.1, 0.15) is 5.71 Å². The lowest BCUT2D eigenvalue weighted by Gasteiger charge is -2.10. The van der Waals surface area contributed by atoms with Crippen LogP contribution in [0.5, 0.6) is 0 Å². The van der Waals surface area contributed by atoms with Gasteiger partial charge in [-0.05, 0) is 55.5 Å². The Morgan fingerprint density at radius 1 is 0.733 bits per heavy atom. The molecule has 0 aliphatic rings. The van der Waals surface area contributed by atoms with Crippen molar-refractivity contribution in [3.05, 3.63) is 94.5 Å². The lowest BCUT2D eigenvalue weighted by Crippen LogP contribution is -2.25. The van der Waals surface area contributed by atoms with Crippen molar-refractivity contribution in [1.29, 1.82) is 0 Å². The number of anilines is 2. The second-order valence-corrected chi connectivity index (χ2v) is 7.08. The van der Waals surface area contributed by atoms with Gasteiger partial charge in [0.2, 0.25) is 0 Å². The van der Waals surface area contributed by atoms with Crippen molar-refractivity contribution in [2.24, 2.45) is 15.4 Å². The molecule has 3 aromatic carbocycles. The van der Waals surface area contributed by atoms with Gasteiger partial charge in [-0.1, -0.05) is 58.7 Å². The fourth-order valence-corrected chi connectivity index (χ4v) is 2.76. The van der Waals surface area contributed by atoms with E-state index < -0.39 is 0 Å². The number of oxime groups is 1. The molecule has 0 heterocycles. The van der Waals surface area contributed by atoms with Gasteiger partial charge in [0.05, 0.1) is 17.1 Å². The summed E-state index contributed by atoms with van der Waals surface area (Å²) < 4.78 is 0. The quantitative estimate of drug-likeness (QED) is 0.235. The molecular weight excluding hydrogens is 421 g/mol. The third-order valence-corrected chi connectivity index (χ3v) is 4.56. The number of benzene rings is 3. The van der Waals surface area contributed by atoms with Crippen molar-refractivity contribution in [2.75, 3.05) is 10.9 Å². The summed E-state index contributed by atoms with van der Waals surface area (Å²) >= 11 is 11.8. The second-order valence-electron chi connectivity index (χ2n) is 6.21. The highest BCUT2D eigenvalue weighted by Gasteiger charge is 2.16. The molecule has 0 spiro atoms. The van der Waals surface area contributed by atoms with Crippen molar-refractivity contribution in [1.82, 2.24) is 0 Å². The summed E-state index contributed by atoms with van der Waals surface area (Å²) in [5.74, 6) is 0. The normalized spacial score (nSPS) is 12.6. The number of nitrogens with one attached hydrogen (secondary N) is 2. The third-order valence-electron chi connectivity index (χ3n) is 4.05. The van der Waals surface area contributed by atoms with E-state index in [9.17, 15) is 5.21 Å². The van der Waals surface area contributed by atoms with Gasteiger partial charge in [0.25, 0.3) is 0 Å². The summed E-state index contributed by atoms with van der Waals surface area (Å²) in [5, 5.41) is 23.2. The van der Waals surface area contributed by atoms with Crippen molar-refractivity contribution in [3.8, 4) is 0 Å². The predicted octanol–water partition coefficient (Wildman–Crippen LogP) is 6.13. The van der Waals surface area contributed by atoms with Crippen LogP contribution in [0.15, 0.2) is 94.2 Å². The Balaban J connectivity index is 1.89. The van der Waals surface area contributed by atoms with Crippen molar-refractivity contribution in [3.63, 3.8) is 0 Å². The van der Waals surface area contributed by atoms with Crippen LogP contribution in [0.4, 0.5) is 11.4 Å². The lowest BCUT2D eigenvalue weighted by molar-refractivity contribution is 0.321. The van der Waals surface area contributed by atoms with E-state index in [1.54, 1.807) is 55.5 Å². The fraction of sp³-hybridized carbons (Fsp3) is 0.0455. The molecule has 30 heavy (non-hydrogen) atoms. The summed E-state index contributed by atoms with van der Waals surface area (Å²) in [6.07, 6.45) is 0. The van der Waals surface area contributed by atoms with Crippen molar-refractivity contribution < 1.29 is 5.21 Å². The summed E-state index contributed by atoms with van der Waals surface area (Å²) in [5.41, 5.74) is 9.20. The Morgan fingerprint density at radius 3 is 1.73 bits per heavy atom. The van der Waals surface area contributed by atoms with Gasteiger partial charge in [0, 0.05) is 15.6 Å². The molecule has 0 saturated carbocycles. The SMILES string of the molecule is CC(=N/Nc1ccc(Cl)cc1)/C(=N\O)C(=N\Nc1ccc(Cl)cc1)/c1ccccc1. The Morgan fingerprint density at radius 2 is 1.23 bits per heavy atom. The minimum absolute atomic E-state index is 0.212. The molecule has 6 nitrogen and oxygen atoms in total. The number of hydrogen-bond acceptors (Lipinski definition) is 6. The zero-order valence-corrected chi connectivity index (χ0v) is 17.6. The number of hydrogen-bond donors (Lipinski definition) is 3. The smallest absolute Gasteiger partial charge is 0.153 e. The molecule has 0 aliphatic carbocycles. The van der Waals surface area contributed by atoms with E-state index in [0.29, 0.717) is 21.5 Å². The molecule has 3 rings (SSSR count). The van der Waals surface area contributed by atoms with E-state index in [4.69, 9.17) is 23.2 Å². The molecule has 0 aromatic heterocycles. The van der Waals surface area contributed by atoms with Crippen LogP contribution in [-0.2, 0) is 0 Å². The first-order valence-corrected chi connectivity index (χ1v) is 9.76. The van der Waals surface area contributed by atoms with Crippen molar-refractivity contribution in [2.45, 2.75) is 6.92 Å². The molecule has 0 bridgehead atoms. The third kappa shape index (κ3) is 5.83. The van der Waals surface area contributed by atoms with Gasteiger partial charge < -0.3 is 5.21 Å². The second kappa shape index (κ2) is 10.4. The highest BCUT2D eigenvalue weighted by molar-refractivity contribution is 6.71. The average Bonchev–Trinajstić information content (AvgIpc) is 2.78. The number of halogens is 2. The zero-order chi connectivity index (χ0) is 21.3. The van der Waals surface area contributed by atoms with Crippen LogP contribution in [0.2, 0.25) is 10.0 Å². The summed E-state index contributed by atoms with van der Waals surface area (Å²) in [4.78, 5) is 0. The van der Waals surface area contributed by atoms with Crippen LogP contribution >= 0.6 is 23.2 Å². The Bertz CT molecular complexity index is 1060. The monoisotopic (exact) mass is 439 g/mol. The first kappa shape index (κ1) is 21.4. The van der Waals surface area contributed by atoms with E-state index in [1.165, 1.54) is 0 Å². The molecule has 0 unspecified atom stereocenters. The van der Waals surface area contributed by atoms with Crippen LogP contribution in [0.1, 0.15) is 12.5 Å². The van der Waals surface area contributed by atoms with E-state index in [-0.39, 0.29) is 5.71 Å². The average molecular weight is 440 g/mol. The standard InChI is InChI=1S/C22H19Cl2N5O/c1-15(25-26-19-11-7-17(23)8-12-19)21(29-30)22(16-5-3-2-4-6-16)28-27-20-13-9-18(24)10-14-20/h2-14,26-27,30H,1H3/b25-15-,28-22-,29-21+. The molecule has 0 amide bonds. The van der Waals surface area contributed by atoms with Crippen LogP contribution in [-0.4, -0.2) is 22.3 Å². The van der Waals surface area contributed by atoms with Gasteiger partial charge in [-0.15, -0.1) is 0 Å². The first-order chi connectivity index (χ1) is 14.6. The molecule has 0 radical (unpaired) electrons. The number of nitrogens with zero attached hydrogens (tertiary/aromatic N) is 3.